The summed E-state index contributed by atoms with van der Waals surface area (Å²) in [6.45, 7) is 6.15. The van der Waals surface area contributed by atoms with Gasteiger partial charge in [-0.15, -0.1) is 0 Å². The quantitative estimate of drug-likeness (QED) is 0.712. The van der Waals surface area contributed by atoms with Gasteiger partial charge in [-0.25, -0.2) is 0 Å². The van der Waals surface area contributed by atoms with E-state index in [-0.39, 0.29) is 12.2 Å². The average molecular weight is 426 g/mol. The summed E-state index contributed by atoms with van der Waals surface area (Å²) in [5.41, 5.74) is 3.51. The maximum absolute atomic E-state index is 6.50. The summed E-state index contributed by atoms with van der Waals surface area (Å²) in [4.78, 5) is 0. The van der Waals surface area contributed by atoms with Crippen molar-refractivity contribution in [1.29, 1.82) is 0 Å². The molecule has 164 valence electrons. The van der Waals surface area contributed by atoms with Crippen LogP contribution >= 0.6 is 0 Å². The van der Waals surface area contributed by atoms with Gasteiger partial charge in [0, 0.05) is 31.1 Å². The van der Waals surface area contributed by atoms with Crippen molar-refractivity contribution < 1.29 is 33.2 Å². The van der Waals surface area contributed by atoms with Gasteiger partial charge in [-0.1, -0.05) is 0 Å². The van der Waals surface area contributed by atoms with Crippen LogP contribution < -0.4 is 23.7 Å². The normalized spacial score (nSPS) is 22.5. The zero-order valence-corrected chi connectivity index (χ0v) is 18.5. The van der Waals surface area contributed by atoms with Gasteiger partial charge in [0.1, 0.15) is 29.6 Å². The highest BCUT2D eigenvalue weighted by atomic mass is 16.7. The molecule has 2 aromatic carbocycles. The van der Waals surface area contributed by atoms with Gasteiger partial charge in [-0.2, -0.15) is 0 Å². The molecule has 0 fully saturated rings. The van der Waals surface area contributed by atoms with E-state index in [1.807, 2.05) is 45.0 Å². The number of rotatable bonds is 3. The molecule has 0 radical (unpaired) electrons. The van der Waals surface area contributed by atoms with Crippen molar-refractivity contribution >= 4 is 11.3 Å². The summed E-state index contributed by atoms with van der Waals surface area (Å²) in [7, 11) is 4.88. The molecule has 0 amide bonds. The first-order valence-corrected chi connectivity index (χ1v) is 10.2. The van der Waals surface area contributed by atoms with Crippen molar-refractivity contribution in [1.82, 2.24) is 0 Å². The first kappa shape index (κ1) is 19.9. The van der Waals surface area contributed by atoms with Crippen molar-refractivity contribution in [2.24, 2.45) is 0 Å². The molecule has 0 bridgehead atoms. The summed E-state index contributed by atoms with van der Waals surface area (Å²) in [5, 5.41) is 0. The predicted octanol–water partition coefficient (Wildman–Crippen LogP) is 4.58. The third-order valence-corrected chi connectivity index (χ3v) is 5.82. The van der Waals surface area contributed by atoms with E-state index in [0.717, 1.165) is 33.8 Å². The molecule has 2 atom stereocenters. The van der Waals surface area contributed by atoms with Crippen LogP contribution in [-0.4, -0.2) is 39.8 Å². The van der Waals surface area contributed by atoms with Gasteiger partial charge in [0.05, 0.1) is 38.6 Å². The maximum Gasteiger partial charge on any atom is 0.205 e. The number of methoxy groups -OCH3 is 3. The average Bonchev–Trinajstić information content (AvgIpc) is 2.74. The van der Waals surface area contributed by atoms with Crippen LogP contribution in [0.3, 0.4) is 0 Å². The van der Waals surface area contributed by atoms with Gasteiger partial charge >= 0.3 is 0 Å². The lowest BCUT2D eigenvalue weighted by molar-refractivity contribution is -0.202. The maximum atomic E-state index is 6.50. The molecule has 1 unspecified atom stereocenters. The van der Waals surface area contributed by atoms with E-state index in [2.05, 4.69) is 0 Å². The third-order valence-electron chi connectivity index (χ3n) is 5.82. The lowest BCUT2D eigenvalue weighted by atomic mass is 9.89. The Morgan fingerprint density at radius 1 is 0.935 bits per heavy atom. The Kier molecular flexibility index (Phi) is 4.48. The molecule has 5 rings (SSSR count). The van der Waals surface area contributed by atoms with Gasteiger partial charge in [0.25, 0.3) is 0 Å². The Morgan fingerprint density at radius 2 is 1.68 bits per heavy atom. The third kappa shape index (κ3) is 2.98. The number of hydrogen-bond donors (Lipinski definition) is 0. The summed E-state index contributed by atoms with van der Waals surface area (Å²) in [6.07, 6.45) is -0.545. The van der Waals surface area contributed by atoms with Gasteiger partial charge < -0.3 is 33.2 Å². The number of fused-ring (bicyclic) bond motifs is 6. The molecular formula is C24H26O7. The molecule has 0 saturated heterocycles. The van der Waals surface area contributed by atoms with Gasteiger partial charge in [0.2, 0.25) is 5.79 Å². The highest BCUT2D eigenvalue weighted by Gasteiger charge is 2.42. The second-order valence-corrected chi connectivity index (χ2v) is 8.18. The molecular weight excluding hydrogens is 400 g/mol. The molecule has 0 saturated carbocycles. The van der Waals surface area contributed by atoms with E-state index in [1.165, 1.54) is 0 Å². The van der Waals surface area contributed by atoms with Crippen LogP contribution in [0.2, 0.25) is 0 Å². The standard InChI is InChI=1S/C24H26O7/c1-12-20-15(31-24(2,3)30-12)8-7-13-22(27-6)21-14-9-17(25-4)18(26-5)10-16(14)28-11-19(21)29-23(13)20/h7-10,12,19H,11H2,1-6H3/t12?,19-/m1/s1. The second kappa shape index (κ2) is 6.99. The molecule has 0 N–H and O–H groups in total. The fraction of sp³-hybridized carbons (Fsp3) is 0.417. The van der Waals surface area contributed by atoms with Crippen LogP contribution in [0, 0.1) is 0 Å². The van der Waals surface area contributed by atoms with Gasteiger partial charge in [-0.05, 0) is 25.1 Å². The van der Waals surface area contributed by atoms with Crippen LogP contribution in [0.4, 0.5) is 0 Å². The van der Waals surface area contributed by atoms with Crippen molar-refractivity contribution in [2.75, 3.05) is 27.9 Å². The molecule has 0 aromatic heterocycles. The van der Waals surface area contributed by atoms with Crippen LogP contribution in [0.5, 0.6) is 28.7 Å². The van der Waals surface area contributed by atoms with E-state index in [1.54, 1.807) is 21.3 Å². The highest BCUT2D eigenvalue weighted by Crippen LogP contribution is 2.53. The van der Waals surface area contributed by atoms with Crippen LogP contribution in [-0.2, 0) is 9.47 Å². The Hall–Kier alpha value is -3.06. The molecule has 7 nitrogen and oxygen atoms in total. The molecule has 0 aliphatic carbocycles. The first-order valence-electron chi connectivity index (χ1n) is 10.2. The van der Waals surface area contributed by atoms with Crippen molar-refractivity contribution in [3.05, 3.63) is 41.0 Å². The first-order chi connectivity index (χ1) is 14.9. The van der Waals surface area contributed by atoms with Crippen LogP contribution in [0.25, 0.3) is 11.3 Å². The molecule has 2 aromatic rings. The topological polar surface area (TPSA) is 64.6 Å². The minimum Gasteiger partial charge on any atom is -0.496 e. The summed E-state index contributed by atoms with van der Waals surface area (Å²) < 4.78 is 41.5. The molecule has 7 heteroatoms. The van der Waals surface area contributed by atoms with Gasteiger partial charge in [0.15, 0.2) is 17.6 Å². The zero-order valence-electron chi connectivity index (χ0n) is 18.5. The smallest absolute Gasteiger partial charge is 0.205 e. The highest BCUT2D eigenvalue weighted by molar-refractivity contribution is 5.96. The van der Waals surface area contributed by atoms with Gasteiger partial charge in [-0.3, -0.25) is 0 Å². The Labute approximate surface area is 181 Å². The molecule has 3 aliphatic heterocycles. The monoisotopic (exact) mass is 426 g/mol. The van der Waals surface area contributed by atoms with Crippen molar-refractivity contribution in [3.8, 4) is 28.7 Å². The minimum absolute atomic E-state index is 0.200. The molecule has 3 heterocycles. The van der Waals surface area contributed by atoms with Crippen LogP contribution in [0.1, 0.15) is 43.6 Å². The number of benzene rings is 2. The largest absolute Gasteiger partial charge is 0.496 e. The second-order valence-electron chi connectivity index (χ2n) is 8.18. The lowest BCUT2D eigenvalue weighted by Crippen LogP contribution is -2.39. The van der Waals surface area contributed by atoms with E-state index in [9.17, 15) is 0 Å². The van der Waals surface area contributed by atoms with Crippen LogP contribution in [0.15, 0.2) is 24.3 Å². The zero-order chi connectivity index (χ0) is 21.9. The molecule has 31 heavy (non-hydrogen) atoms. The number of hydrogen-bond acceptors (Lipinski definition) is 7. The van der Waals surface area contributed by atoms with E-state index >= 15 is 0 Å². The van der Waals surface area contributed by atoms with E-state index in [0.29, 0.717) is 29.6 Å². The summed E-state index contributed by atoms with van der Waals surface area (Å²) in [6, 6.07) is 7.66. The Morgan fingerprint density at radius 3 is 2.39 bits per heavy atom. The fourth-order valence-corrected chi connectivity index (χ4v) is 4.62. The fourth-order valence-electron chi connectivity index (χ4n) is 4.62. The Balaban J connectivity index is 1.72. The van der Waals surface area contributed by atoms with E-state index < -0.39 is 5.79 Å². The minimum atomic E-state index is -0.705. The molecule has 3 aliphatic rings. The predicted molar refractivity (Wildman–Crippen MR) is 114 cm³/mol. The SMILES string of the molecule is COC1=C2c3cc(OC)c(OC)cc3OC[C@H]2Oc2c1ccc1c2C(C)OC(C)(C)O1. The molecule has 0 spiro atoms. The summed E-state index contributed by atoms with van der Waals surface area (Å²) >= 11 is 0. The number of ether oxygens (including phenoxy) is 7. The van der Waals surface area contributed by atoms with Crippen molar-refractivity contribution in [2.45, 2.75) is 38.8 Å². The Bertz CT molecular complexity index is 1090. The lowest BCUT2D eigenvalue weighted by Gasteiger charge is -2.40. The van der Waals surface area contributed by atoms with E-state index in [4.69, 9.17) is 33.2 Å². The summed E-state index contributed by atoms with van der Waals surface area (Å²) in [5.74, 6) is 3.42. The van der Waals surface area contributed by atoms with Crippen molar-refractivity contribution in [3.63, 3.8) is 0 Å².